The average molecular weight is 655 g/mol. The van der Waals surface area contributed by atoms with Crippen molar-refractivity contribution in [3.8, 4) is 5.75 Å². The highest BCUT2D eigenvalue weighted by molar-refractivity contribution is 7.92. The van der Waals surface area contributed by atoms with E-state index >= 15 is 0 Å². The average Bonchev–Trinajstić information content (AvgIpc) is 2.95. The number of rotatable bonds is 12. The summed E-state index contributed by atoms with van der Waals surface area (Å²) in [5, 5.41) is 3.66. The van der Waals surface area contributed by atoms with E-state index in [1.54, 1.807) is 37.3 Å². The van der Waals surface area contributed by atoms with E-state index < -0.39 is 34.4 Å². The zero-order valence-electron chi connectivity index (χ0n) is 24.0. The summed E-state index contributed by atoms with van der Waals surface area (Å²) in [4.78, 5) is 28.6. The third-order valence-corrected chi connectivity index (χ3v) is 9.66. The summed E-state index contributed by atoms with van der Waals surface area (Å²) < 4.78 is 34.2. The number of benzene rings is 3. The Morgan fingerprint density at radius 2 is 1.57 bits per heavy atom. The smallest absolute Gasteiger partial charge is 0.264 e. The molecule has 3 rings (SSSR count). The molecule has 0 bridgehead atoms. The monoisotopic (exact) mass is 653 g/mol. The topological polar surface area (TPSA) is 96.0 Å². The molecule has 2 atom stereocenters. The number of ether oxygens (including phenoxy) is 1. The van der Waals surface area contributed by atoms with Crippen molar-refractivity contribution >= 4 is 62.3 Å². The van der Waals surface area contributed by atoms with Crippen molar-refractivity contribution in [2.45, 2.75) is 57.6 Å². The van der Waals surface area contributed by atoms with E-state index in [1.165, 1.54) is 42.3 Å². The number of aryl methyl sites for hydroxylation is 1. The van der Waals surface area contributed by atoms with Crippen LogP contribution >= 0.6 is 34.8 Å². The van der Waals surface area contributed by atoms with Crippen molar-refractivity contribution in [1.82, 2.24) is 10.2 Å². The molecule has 0 fully saturated rings. The van der Waals surface area contributed by atoms with Crippen molar-refractivity contribution < 1.29 is 22.7 Å². The van der Waals surface area contributed by atoms with Crippen molar-refractivity contribution in [2.24, 2.45) is 0 Å². The van der Waals surface area contributed by atoms with Gasteiger partial charge >= 0.3 is 0 Å². The molecule has 0 aromatic heterocycles. The number of hydrogen-bond donors (Lipinski definition) is 1. The molecule has 1 N–H and O–H groups in total. The molecule has 226 valence electrons. The van der Waals surface area contributed by atoms with Gasteiger partial charge in [0.05, 0.1) is 22.7 Å². The van der Waals surface area contributed by atoms with Crippen LogP contribution in [-0.2, 0) is 26.2 Å². The number of hydrogen-bond acceptors (Lipinski definition) is 5. The quantitative estimate of drug-likeness (QED) is 0.241. The van der Waals surface area contributed by atoms with Gasteiger partial charge in [0.2, 0.25) is 11.8 Å². The van der Waals surface area contributed by atoms with Gasteiger partial charge in [-0.05, 0) is 69.7 Å². The molecule has 42 heavy (non-hydrogen) atoms. The molecule has 0 saturated heterocycles. The van der Waals surface area contributed by atoms with Crippen LogP contribution in [0.4, 0.5) is 5.69 Å². The molecule has 0 aliphatic heterocycles. The molecular weight excluding hydrogens is 621 g/mol. The number of sulfonamides is 1. The standard InChI is InChI=1S/C30H34Cl3N3O5S/c1-6-20(3)34-30(38)21(4)35(17-24-25(31)8-7-9-26(24)32)29(37)18-36(22-12-15-28(41-5)27(33)16-22)42(39,40)23-13-10-19(2)11-14-23/h7-16,20-21H,6,17-18H2,1-5H3,(H,34,38)/t20-,21+/m0/s1. The minimum atomic E-state index is -4.26. The van der Waals surface area contributed by atoms with Crippen LogP contribution in [0, 0.1) is 6.92 Å². The first-order chi connectivity index (χ1) is 19.8. The van der Waals surface area contributed by atoms with Crippen molar-refractivity contribution in [3.05, 3.63) is 86.9 Å². The van der Waals surface area contributed by atoms with Gasteiger partial charge in [-0.3, -0.25) is 13.9 Å². The number of methoxy groups -OCH3 is 1. The molecule has 0 unspecified atom stereocenters. The summed E-state index contributed by atoms with van der Waals surface area (Å²) >= 11 is 19.2. The number of anilines is 1. The van der Waals surface area contributed by atoms with E-state index in [2.05, 4.69) is 5.32 Å². The van der Waals surface area contributed by atoms with Gasteiger partial charge in [-0.15, -0.1) is 0 Å². The Morgan fingerprint density at radius 3 is 2.12 bits per heavy atom. The Kier molecular flexibility index (Phi) is 11.5. The minimum Gasteiger partial charge on any atom is -0.495 e. The number of amides is 2. The second kappa shape index (κ2) is 14.5. The number of carbonyl (C=O) groups is 2. The van der Waals surface area contributed by atoms with E-state index in [9.17, 15) is 18.0 Å². The summed E-state index contributed by atoms with van der Waals surface area (Å²) in [7, 11) is -2.82. The maximum atomic E-state index is 14.1. The molecule has 12 heteroatoms. The zero-order chi connectivity index (χ0) is 31.2. The van der Waals surface area contributed by atoms with Crippen molar-refractivity contribution in [2.75, 3.05) is 18.0 Å². The molecule has 0 spiro atoms. The lowest BCUT2D eigenvalue weighted by molar-refractivity contribution is -0.139. The highest BCUT2D eigenvalue weighted by atomic mass is 35.5. The van der Waals surface area contributed by atoms with Gasteiger partial charge in [0.1, 0.15) is 18.3 Å². The summed E-state index contributed by atoms with van der Waals surface area (Å²) in [6.07, 6.45) is 0.684. The lowest BCUT2D eigenvalue weighted by atomic mass is 10.1. The molecule has 3 aromatic carbocycles. The fourth-order valence-electron chi connectivity index (χ4n) is 4.08. The molecule has 0 saturated carbocycles. The maximum absolute atomic E-state index is 14.1. The van der Waals surface area contributed by atoms with Crippen LogP contribution in [0.2, 0.25) is 15.1 Å². The van der Waals surface area contributed by atoms with E-state index in [4.69, 9.17) is 39.5 Å². The first kappa shape index (κ1) is 33.5. The predicted octanol–water partition coefficient (Wildman–Crippen LogP) is 6.49. The largest absolute Gasteiger partial charge is 0.495 e. The fourth-order valence-corrected chi connectivity index (χ4v) is 6.25. The predicted molar refractivity (Wildman–Crippen MR) is 168 cm³/mol. The first-order valence-corrected chi connectivity index (χ1v) is 15.8. The molecule has 0 aliphatic carbocycles. The Labute approximate surface area is 262 Å². The summed E-state index contributed by atoms with van der Waals surface area (Å²) in [5.74, 6) is -0.716. The van der Waals surface area contributed by atoms with Gasteiger partial charge in [-0.25, -0.2) is 8.42 Å². The van der Waals surface area contributed by atoms with E-state index in [0.29, 0.717) is 27.8 Å². The number of carbonyl (C=O) groups excluding carboxylic acids is 2. The van der Waals surface area contributed by atoms with E-state index in [1.807, 2.05) is 20.8 Å². The third kappa shape index (κ3) is 7.89. The zero-order valence-corrected chi connectivity index (χ0v) is 27.1. The van der Waals surface area contributed by atoms with Gasteiger partial charge in [0.15, 0.2) is 0 Å². The van der Waals surface area contributed by atoms with E-state index in [-0.39, 0.29) is 28.2 Å². The Morgan fingerprint density at radius 1 is 0.952 bits per heavy atom. The molecule has 0 heterocycles. The molecule has 3 aromatic rings. The van der Waals surface area contributed by atoms with Crippen LogP contribution in [0.25, 0.3) is 0 Å². The van der Waals surface area contributed by atoms with Gasteiger partial charge in [-0.2, -0.15) is 0 Å². The highest BCUT2D eigenvalue weighted by Gasteiger charge is 2.33. The van der Waals surface area contributed by atoms with Crippen LogP contribution in [0.5, 0.6) is 5.75 Å². The molecule has 8 nitrogen and oxygen atoms in total. The molecule has 0 radical (unpaired) electrons. The number of halogens is 3. The Balaban J connectivity index is 2.10. The summed E-state index contributed by atoms with van der Waals surface area (Å²) in [6.45, 7) is 6.42. The summed E-state index contributed by atoms with van der Waals surface area (Å²) in [5.41, 5.74) is 1.44. The normalized spacial score (nSPS) is 12.8. The van der Waals surface area contributed by atoms with Crippen LogP contribution in [0.1, 0.15) is 38.3 Å². The van der Waals surface area contributed by atoms with Crippen LogP contribution in [-0.4, -0.2) is 50.9 Å². The first-order valence-electron chi connectivity index (χ1n) is 13.3. The van der Waals surface area contributed by atoms with Crippen molar-refractivity contribution in [3.63, 3.8) is 0 Å². The highest BCUT2D eigenvalue weighted by Crippen LogP contribution is 2.33. The van der Waals surface area contributed by atoms with Crippen LogP contribution in [0.3, 0.4) is 0 Å². The third-order valence-electron chi connectivity index (χ3n) is 6.87. The van der Waals surface area contributed by atoms with Crippen LogP contribution in [0.15, 0.2) is 65.6 Å². The Hall–Kier alpha value is -2.98. The number of nitrogens with zero attached hydrogens (tertiary/aromatic N) is 2. The van der Waals surface area contributed by atoms with Crippen LogP contribution < -0.4 is 14.4 Å². The van der Waals surface area contributed by atoms with Gasteiger partial charge < -0.3 is 15.0 Å². The maximum Gasteiger partial charge on any atom is 0.264 e. The fraction of sp³-hybridized carbons (Fsp3) is 0.333. The SMILES string of the molecule is CC[C@H](C)NC(=O)[C@@H](C)N(Cc1c(Cl)cccc1Cl)C(=O)CN(c1ccc(OC)c(Cl)c1)S(=O)(=O)c1ccc(C)cc1. The molecular formula is C30H34Cl3N3O5S. The summed E-state index contributed by atoms with van der Waals surface area (Å²) in [6, 6.07) is 14.5. The lowest BCUT2D eigenvalue weighted by Crippen LogP contribution is -2.52. The molecule has 2 amide bonds. The van der Waals surface area contributed by atoms with Gasteiger partial charge in [0.25, 0.3) is 10.0 Å². The minimum absolute atomic E-state index is 0.0175. The van der Waals surface area contributed by atoms with E-state index in [0.717, 1.165) is 9.87 Å². The second-order valence-corrected chi connectivity index (χ2v) is 12.9. The lowest BCUT2D eigenvalue weighted by Gasteiger charge is -2.33. The Bertz CT molecular complexity index is 1510. The van der Waals surface area contributed by atoms with Crippen molar-refractivity contribution in [1.29, 1.82) is 0 Å². The second-order valence-electron chi connectivity index (χ2n) is 9.86. The molecule has 0 aliphatic rings. The van der Waals surface area contributed by atoms with Gasteiger partial charge in [0, 0.05) is 28.2 Å². The number of nitrogens with one attached hydrogen (secondary N) is 1. The van der Waals surface area contributed by atoms with Gasteiger partial charge in [-0.1, -0.05) is 65.5 Å².